The number of aromatic nitrogens is 1. The van der Waals surface area contributed by atoms with Crippen molar-refractivity contribution in [1.29, 1.82) is 5.26 Å². The zero-order valence-corrected chi connectivity index (χ0v) is 17.5. The van der Waals surface area contributed by atoms with Crippen LogP contribution in [0.15, 0.2) is 54.7 Å². The maximum absolute atomic E-state index is 13.8. The van der Waals surface area contributed by atoms with Crippen LogP contribution in [0.25, 0.3) is 10.9 Å². The molecule has 6 heteroatoms. The lowest BCUT2D eigenvalue weighted by molar-refractivity contribution is -0.126. The van der Waals surface area contributed by atoms with Crippen LogP contribution in [0.1, 0.15) is 42.7 Å². The second-order valence-electron chi connectivity index (χ2n) is 9.10. The first kappa shape index (κ1) is 20.6. The molecule has 2 unspecified atom stereocenters. The summed E-state index contributed by atoms with van der Waals surface area (Å²) in [5.74, 6) is 0.560. The molecule has 0 radical (unpaired) electrons. The van der Waals surface area contributed by atoms with Gasteiger partial charge in [0.2, 0.25) is 0 Å². The minimum absolute atomic E-state index is 0.0593. The first-order valence-corrected chi connectivity index (χ1v) is 11.0. The van der Waals surface area contributed by atoms with Crippen LogP contribution in [-0.4, -0.2) is 22.1 Å². The molecule has 0 aliphatic heterocycles. The van der Waals surface area contributed by atoms with Crippen molar-refractivity contribution in [2.75, 3.05) is 5.32 Å². The summed E-state index contributed by atoms with van der Waals surface area (Å²) in [4.78, 5) is 16.9. The predicted octanol–water partition coefficient (Wildman–Crippen LogP) is 4.76. The van der Waals surface area contributed by atoms with Crippen molar-refractivity contribution in [2.45, 2.75) is 37.7 Å². The van der Waals surface area contributed by atoms with Gasteiger partial charge in [0.25, 0.3) is 5.91 Å². The second kappa shape index (κ2) is 8.33. The molecule has 5 nitrogen and oxygen atoms in total. The van der Waals surface area contributed by atoms with Crippen LogP contribution in [0, 0.1) is 34.9 Å². The van der Waals surface area contributed by atoms with E-state index in [4.69, 9.17) is 5.26 Å². The highest BCUT2D eigenvalue weighted by atomic mass is 19.1. The number of fused-ring (bicyclic) bond motifs is 2. The summed E-state index contributed by atoms with van der Waals surface area (Å²) >= 11 is 0. The number of nitriles is 1. The third kappa shape index (κ3) is 3.85. The SMILES string of the molecule is N#Cc1ccc(NC(=O)C(O)[C@H]2C[C@H]3CC(c4ccnc5ccc(F)cc45)C[C@H]3C2)cc1. The summed E-state index contributed by atoms with van der Waals surface area (Å²) in [6.07, 6.45) is 4.36. The van der Waals surface area contributed by atoms with E-state index in [1.165, 1.54) is 6.07 Å². The van der Waals surface area contributed by atoms with E-state index in [9.17, 15) is 14.3 Å². The van der Waals surface area contributed by atoms with Crippen molar-refractivity contribution in [3.8, 4) is 6.07 Å². The molecule has 2 fully saturated rings. The summed E-state index contributed by atoms with van der Waals surface area (Å²) < 4.78 is 13.8. The topological polar surface area (TPSA) is 86.0 Å². The zero-order chi connectivity index (χ0) is 22.2. The van der Waals surface area contributed by atoms with Crippen LogP contribution in [0.5, 0.6) is 0 Å². The van der Waals surface area contributed by atoms with Crippen molar-refractivity contribution in [3.63, 3.8) is 0 Å². The smallest absolute Gasteiger partial charge is 0.253 e. The molecule has 3 aromatic rings. The Kier molecular flexibility index (Phi) is 5.36. The standard InChI is InChI=1S/C26H24FN3O2/c27-20-3-6-24-23(13-20)22(7-8-29-24)18-9-16-11-19(12-17(16)10-18)25(31)26(32)30-21-4-1-15(14-28)2-5-21/h1-8,13,16-19,25,31H,9-12H2,(H,30,32)/t16-,17+,18?,19+,25?. The number of hydrogen-bond acceptors (Lipinski definition) is 4. The lowest BCUT2D eigenvalue weighted by atomic mass is 9.89. The Labute approximate surface area is 185 Å². The van der Waals surface area contributed by atoms with Crippen LogP contribution in [0.4, 0.5) is 10.1 Å². The first-order chi connectivity index (χ1) is 15.5. The Balaban J connectivity index is 1.23. The minimum atomic E-state index is -1.05. The van der Waals surface area contributed by atoms with Crippen LogP contribution in [-0.2, 0) is 4.79 Å². The van der Waals surface area contributed by atoms with Crippen LogP contribution in [0.2, 0.25) is 0 Å². The largest absolute Gasteiger partial charge is 0.383 e. The number of benzene rings is 2. The van der Waals surface area contributed by atoms with Gasteiger partial charge in [0.05, 0.1) is 17.1 Å². The summed E-state index contributed by atoms with van der Waals surface area (Å²) in [7, 11) is 0. The Morgan fingerprint density at radius 3 is 2.50 bits per heavy atom. The van der Waals surface area contributed by atoms with Gasteiger partial charge in [-0.15, -0.1) is 0 Å². The summed E-state index contributed by atoms with van der Waals surface area (Å²) in [6, 6.07) is 15.4. The van der Waals surface area contributed by atoms with E-state index in [-0.39, 0.29) is 11.7 Å². The van der Waals surface area contributed by atoms with Crippen molar-refractivity contribution < 1.29 is 14.3 Å². The van der Waals surface area contributed by atoms with Gasteiger partial charge in [-0.2, -0.15) is 5.26 Å². The molecule has 32 heavy (non-hydrogen) atoms. The Bertz CT molecular complexity index is 1190. The third-order valence-electron chi connectivity index (χ3n) is 7.23. The van der Waals surface area contributed by atoms with E-state index in [0.717, 1.165) is 42.1 Å². The van der Waals surface area contributed by atoms with E-state index in [2.05, 4.69) is 10.3 Å². The van der Waals surface area contributed by atoms with E-state index < -0.39 is 12.0 Å². The molecule has 5 atom stereocenters. The fraction of sp³-hybridized carbons (Fsp3) is 0.346. The number of halogens is 1. The highest BCUT2D eigenvalue weighted by molar-refractivity contribution is 5.94. The number of nitrogens with one attached hydrogen (secondary N) is 1. The molecule has 5 rings (SSSR count). The number of aliphatic hydroxyl groups is 1. The van der Waals surface area contributed by atoms with Crippen molar-refractivity contribution >= 4 is 22.5 Å². The molecular weight excluding hydrogens is 405 g/mol. The maximum Gasteiger partial charge on any atom is 0.253 e. The van der Waals surface area contributed by atoms with Crippen LogP contribution in [0.3, 0.4) is 0 Å². The molecule has 2 aliphatic carbocycles. The number of amides is 1. The van der Waals surface area contributed by atoms with E-state index >= 15 is 0 Å². The van der Waals surface area contributed by atoms with Crippen molar-refractivity contribution in [2.24, 2.45) is 17.8 Å². The molecule has 0 bridgehead atoms. The number of aliphatic hydroxyl groups excluding tert-OH is 1. The Morgan fingerprint density at radius 2 is 1.81 bits per heavy atom. The average Bonchev–Trinajstić information content (AvgIpc) is 3.38. The minimum Gasteiger partial charge on any atom is -0.383 e. The van der Waals surface area contributed by atoms with Crippen molar-refractivity contribution in [3.05, 3.63) is 71.7 Å². The van der Waals surface area contributed by atoms with Gasteiger partial charge in [-0.3, -0.25) is 9.78 Å². The number of nitrogens with zero attached hydrogens (tertiary/aromatic N) is 2. The van der Waals surface area contributed by atoms with E-state index in [0.29, 0.717) is 29.0 Å². The molecule has 1 amide bonds. The molecule has 162 valence electrons. The molecule has 1 heterocycles. The predicted molar refractivity (Wildman–Crippen MR) is 119 cm³/mol. The molecular formula is C26H24FN3O2. The quantitative estimate of drug-likeness (QED) is 0.626. The fourth-order valence-corrected chi connectivity index (χ4v) is 5.73. The number of hydrogen-bond donors (Lipinski definition) is 2. The average molecular weight is 429 g/mol. The van der Waals surface area contributed by atoms with Crippen molar-refractivity contribution in [1.82, 2.24) is 4.98 Å². The fourth-order valence-electron chi connectivity index (χ4n) is 5.73. The molecule has 2 aliphatic rings. The number of rotatable bonds is 4. The molecule has 2 N–H and O–H groups in total. The number of carbonyl (C=O) groups is 1. The molecule has 2 saturated carbocycles. The third-order valence-corrected chi connectivity index (χ3v) is 7.23. The first-order valence-electron chi connectivity index (χ1n) is 11.0. The van der Waals surface area contributed by atoms with Crippen LogP contribution >= 0.6 is 0 Å². The van der Waals surface area contributed by atoms with Gasteiger partial charge in [-0.1, -0.05) is 0 Å². The maximum atomic E-state index is 13.8. The lowest BCUT2D eigenvalue weighted by Gasteiger charge is -2.20. The number of anilines is 1. The Morgan fingerprint density at radius 1 is 1.09 bits per heavy atom. The zero-order valence-electron chi connectivity index (χ0n) is 17.5. The Hall–Kier alpha value is -3.30. The highest BCUT2D eigenvalue weighted by Crippen LogP contribution is 2.53. The van der Waals surface area contributed by atoms with Gasteiger partial charge in [0, 0.05) is 17.3 Å². The summed E-state index contributed by atoms with van der Waals surface area (Å²) in [5.41, 5.74) is 3.06. The van der Waals surface area contributed by atoms with E-state index in [1.54, 1.807) is 42.6 Å². The van der Waals surface area contributed by atoms with Gasteiger partial charge >= 0.3 is 0 Å². The van der Waals surface area contributed by atoms with Gasteiger partial charge in [-0.05, 0) is 103 Å². The van der Waals surface area contributed by atoms with Gasteiger partial charge in [0.1, 0.15) is 11.9 Å². The summed E-state index contributed by atoms with van der Waals surface area (Å²) in [5, 5.41) is 23.2. The number of pyridine rings is 1. The van der Waals surface area contributed by atoms with Gasteiger partial charge in [-0.25, -0.2) is 4.39 Å². The molecule has 2 aromatic carbocycles. The molecule has 0 spiro atoms. The highest BCUT2D eigenvalue weighted by Gasteiger charge is 2.45. The lowest BCUT2D eigenvalue weighted by Crippen LogP contribution is -2.33. The molecule has 1 aromatic heterocycles. The van der Waals surface area contributed by atoms with E-state index in [1.807, 2.05) is 12.1 Å². The second-order valence-corrected chi connectivity index (χ2v) is 9.10. The monoisotopic (exact) mass is 429 g/mol. The van der Waals surface area contributed by atoms with Gasteiger partial charge in [0.15, 0.2) is 0 Å². The normalized spacial score (nSPS) is 25.3. The summed E-state index contributed by atoms with van der Waals surface area (Å²) in [6.45, 7) is 0. The van der Waals surface area contributed by atoms with Crippen LogP contribution < -0.4 is 5.32 Å². The molecule has 0 saturated heterocycles. The number of carbonyl (C=O) groups excluding carboxylic acids is 1. The van der Waals surface area contributed by atoms with Gasteiger partial charge < -0.3 is 10.4 Å².